The van der Waals surface area contributed by atoms with Crippen molar-refractivity contribution < 1.29 is 47.6 Å². The van der Waals surface area contributed by atoms with E-state index >= 15 is 0 Å². The van der Waals surface area contributed by atoms with Crippen molar-refractivity contribution >= 4 is 10.1 Å². The van der Waals surface area contributed by atoms with Crippen LogP contribution in [0.4, 0.5) is 0 Å². The molecule has 0 aliphatic carbocycles. The summed E-state index contributed by atoms with van der Waals surface area (Å²) in [4.78, 5) is 0. The van der Waals surface area contributed by atoms with Crippen molar-refractivity contribution in [3.8, 4) is 0 Å². The van der Waals surface area contributed by atoms with Gasteiger partial charge in [0.2, 0.25) is 0 Å². The van der Waals surface area contributed by atoms with Crippen LogP contribution in [-0.2, 0) is 10.1 Å². The van der Waals surface area contributed by atoms with Gasteiger partial charge in [-0.25, -0.2) is 8.42 Å². The van der Waals surface area contributed by atoms with E-state index in [0.717, 1.165) is 38.5 Å². The third-order valence-corrected chi connectivity index (χ3v) is 4.54. The zero-order valence-corrected chi connectivity index (χ0v) is 15.4. The minimum absolute atomic E-state index is 0. The van der Waals surface area contributed by atoms with E-state index in [0.29, 0.717) is 12.8 Å². The Kier molecular flexibility index (Phi) is 14.7. The van der Waals surface area contributed by atoms with E-state index in [1.165, 1.54) is 0 Å². The van der Waals surface area contributed by atoms with Crippen LogP contribution in [0.15, 0.2) is 0 Å². The first-order valence-corrected chi connectivity index (χ1v) is 8.53. The van der Waals surface area contributed by atoms with E-state index in [-0.39, 0.29) is 36.0 Å². The normalized spacial score (nSPS) is 14.7. The summed E-state index contributed by atoms with van der Waals surface area (Å²) in [6.07, 6.45) is 6.20. The van der Waals surface area contributed by atoms with Crippen molar-refractivity contribution in [1.82, 2.24) is 0 Å². The van der Waals surface area contributed by atoms with E-state index in [1.807, 2.05) is 6.92 Å². The molecular formula is C13H27NaO4S. The second-order valence-corrected chi connectivity index (χ2v) is 6.53. The summed E-state index contributed by atoms with van der Waals surface area (Å²) in [7, 11) is -4.39. The van der Waals surface area contributed by atoms with Crippen molar-refractivity contribution in [2.45, 2.75) is 83.0 Å². The molecule has 0 aromatic carbocycles. The van der Waals surface area contributed by atoms with Gasteiger partial charge >= 0.3 is 29.6 Å². The van der Waals surface area contributed by atoms with E-state index in [2.05, 4.69) is 6.92 Å². The van der Waals surface area contributed by atoms with E-state index in [4.69, 9.17) is 0 Å². The summed E-state index contributed by atoms with van der Waals surface area (Å²) in [6, 6.07) is 0. The van der Waals surface area contributed by atoms with E-state index in [1.54, 1.807) is 0 Å². The molecule has 19 heavy (non-hydrogen) atoms. The molecule has 0 aliphatic rings. The average molecular weight is 302 g/mol. The zero-order valence-electron chi connectivity index (χ0n) is 12.6. The number of unbranched alkanes of at least 4 members (excludes halogenated alkanes) is 5. The number of aliphatic hydroxyl groups excluding tert-OH is 1. The predicted octanol–water partition coefficient (Wildman–Crippen LogP) is -0.184. The first kappa shape index (κ1) is 22.2. The maximum Gasteiger partial charge on any atom is 1.00 e. The molecule has 0 fully saturated rings. The van der Waals surface area contributed by atoms with Gasteiger partial charge in [0.25, 0.3) is 0 Å². The number of hydrogen-bond donors (Lipinski definition) is 1. The largest absolute Gasteiger partial charge is 1.00 e. The molecule has 110 valence electrons. The molecule has 6 heteroatoms. The van der Waals surface area contributed by atoms with Crippen molar-refractivity contribution in [1.29, 1.82) is 0 Å². The van der Waals surface area contributed by atoms with Crippen LogP contribution in [0, 0.1) is 0 Å². The Morgan fingerprint density at radius 2 is 1.42 bits per heavy atom. The van der Waals surface area contributed by atoms with E-state index in [9.17, 15) is 18.1 Å². The first-order valence-electron chi connectivity index (χ1n) is 7.06. The van der Waals surface area contributed by atoms with Crippen LogP contribution in [0.3, 0.4) is 0 Å². The summed E-state index contributed by atoms with van der Waals surface area (Å²) < 4.78 is 33.4. The third-order valence-electron chi connectivity index (χ3n) is 3.25. The maximum absolute atomic E-state index is 11.1. The maximum atomic E-state index is 11.1. The Balaban J connectivity index is 0. The van der Waals surface area contributed by atoms with Gasteiger partial charge in [-0.2, -0.15) is 0 Å². The number of rotatable bonds is 11. The molecule has 0 heterocycles. The van der Waals surface area contributed by atoms with Crippen molar-refractivity contribution in [3.63, 3.8) is 0 Å². The summed E-state index contributed by atoms with van der Waals surface area (Å²) in [6.45, 7) is 4.11. The van der Waals surface area contributed by atoms with E-state index < -0.39 is 21.5 Å². The van der Waals surface area contributed by atoms with Crippen LogP contribution in [0.5, 0.6) is 0 Å². The molecule has 0 aromatic heterocycles. The fraction of sp³-hybridized carbons (Fsp3) is 1.00. The van der Waals surface area contributed by atoms with Crippen LogP contribution in [-0.4, -0.2) is 29.4 Å². The van der Waals surface area contributed by atoms with Crippen LogP contribution < -0.4 is 29.6 Å². The van der Waals surface area contributed by atoms with Crippen LogP contribution in [0.2, 0.25) is 0 Å². The molecule has 2 atom stereocenters. The van der Waals surface area contributed by atoms with Crippen LogP contribution in [0.1, 0.15) is 71.6 Å². The molecule has 0 saturated carbocycles. The quantitative estimate of drug-likeness (QED) is 0.326. The fourth-order valence-electron chi connectivity index (χ4n) is 2.09. The molecule has 4 nitrogen and oxygen atoms in total. The second kappa shape index (κ2) is 12.6. The molecule has 1 N–H and O–H groups in total. The standard InChI is InChI=1S/C13H28O4S.Na/c1-3-5-7-9-10-12(14)13(18(15,16)17)11-8-6-4-2;/h12-14H,3-11H2,1-2H3,(H,15,16,17);/q;+1/p-1. The van der Waals surface area contributed by atoms with Gasteiger partial charge in [-0.3, -0.25) is 0 Å². The predicted molar refractivity (Wildman–Crippen MR) is 72.4 cm³/mol. The van der Waals surface area contributed by atoms with Crippen LogP contribution >= 0.6 is 0 Å². The molecular weight excluding hydrogens is 275 g/mol. The molecule has 2 unspecified atom stereocenters. The molecule has 0 aromatic rings. The minimum atomic E-state index is -4.39. The molecule has 0 amide bonds. The second-order valence-electron chi connectivity index (χ2n) is 4.94. The Labute approximate surface area is 140 Å². The fourth-order valence-corrected chi connectivity index (χ4v) is 3.07. The van der Waals surface area contributed by atoms with Gasteiger partial charge in [0.05, 0.1) is 11.4 Å². The molecule has 0 saturated heterocycles. The smallest absolute Gasteiger partial charge is 0.748 e. The van der Waals surface area contributed by atoms with Crippen molar-refractivity contribution in [3.05, 3.63) is 0 Å². The van der Waals surface area contributed by atoms with Gasteiger partial charge in [0.1, 0.15) is 10.1 Å². The Morgan fingerprint density at radius 3 is 1.89 bits per heavy atom. The topological polar surface area (TPSA) is 77.4 Å². The molecule has 0 radical (unpaired) electrons. The first-order chi connectivity index (χ1) is 8.43. The van der Waals surface area contributed by atoms with Gasteiger partial charge in [-0.15, -0.1) is 0 Å². The summed E-state index contributed by atoms with van der Waals surface area (Å²) in [5.41, 5.74) is 0. The van der Waals surface area contributed by atoms with Gasteiger partial charge in [-0.1, -0.05) is 58.8 Å². The summed E-state index contributed by atoms with van der Waals surface area (Å²) in [5.74, 6) is 0. The molecule has 0 spiro atoms. The Bertz CT molecular complexity index is 293. The zero-order chi connectivity index (χ0) is 14.0. The molecule has 0 bridgehead atoms. The Morgan fingerprint density at radius 1 is 0.947 bits per heavy atom. The Hall–Kier alpha value is 0.870. The van der Waals surface area contributed by atoms with Gasteiger partial charge in [0.15, 0.2) is 0 Å². The minimum Gasteiger partial charge on any atom is -0.748 e. The monoisotopic (exact) mass is 302 g/mol. The van der Waals surface area contributed by atoms with Crippen molar-refractivity contribution in [2.24, 2.45) is 0 Å². The number of aliphatic hydroxyl groups is 1. The summed E-state index contributed by atoms with van der Waals surface area (Å²) in [5, 5.41) is 8.74. The van der Waals surface area contributed by atoms with Gasteiger partial charge in [-0.05, 0) is 12.8 Å². The molecule has 0 aliphatic heterocycles. The third kappa shape index (κ3) is 11.2. The number of hydrogen-bond acceptors (Lipinski definition) is 4. The average Bonchev–Trinajstić information content (AvgIpc) is 2.28. The van der Waals surface area contributed by atoms with Gasteiger partial charge in [0, 0.05) is 0 Å². The summed E-state index contributed by atoms with van der Waals surface area (Å²) >= 11 is 0. The molecule has 0 rings (SSSR count). The van der Waals surface area contributed by atoms with Crippen LogP contribution in [0.25, 0.3) is 0 Å². The van der Waals surface area contributed by atoms with Crippen molar-refractivity contribution in [2.75, 3.05) is 0 Å². The van der Waals surface area contributed by atoms with Gasteiger partial charge < -0.3 is 9.66 Å². The SMILES string of the molecule is CCCCCCC(O)C(CCCCC)S(=O)(=O)[O-].[Na+].